The molecule has 0 N–H and O–H groups in total. The van der Waals surface area contributed by atoms with Crippen molar-refractivity contribution in [2.45, 2.75) is 46.6 Å². The Bertz CT molecular complexity index is 209. The van der Waals surface area contributed by atoms with E-state index in [4.69, 9.17) is 0 Å². The average Bonchev–Trinajstić information content (AvgIpc) is 1.75. The van der Waals surface area contributed by atoms with Crippen molar-refractivity contribution in [1.29, 1.82) is 0 Å². The quantitative estimate of drug-likeness (QED) is 0.579. The fraction of sp³-hybridized carbons (Fsp3) is 0.800. The van der Waals surface area contributed by atoms with Crippen molar-refractivity contribution in [3.63, 3.8) is 0 Å². The number of hydrogen-bond acceptors (Lipinski definition) is 0. The lowest BCUT2D eigenvalue weighted by molar-refractivity contribution is -0.103. The molecule has 0 spiro atoms. The number of allylic oxidation sites excluding steroid dienone is 1. The van der Waals surface area contributed by atoms with Gasteiger partial charge in [0.15, 0.2) is 0 Å². The van der Waals surface area contributed by atoms with Crippen LogP contribution in [0, 0.1) is 5.41 Å². The molecule has 0 heterocycles. The zero-order valence-electron chi connectivity index (χ0n) is 9.71. The maximum Gasteiger partial charge on any atom is 0.412 e. The molecule has 0 aromatic rings. The van der Waals surface area contributed by atoms with Crippen LogP contribution in [-0.4, -0.2) is 14.3 Å². The van der Waals surface area contributed by atoms with Gasteiger partial charge in [-0.1, -0.05) is 46.1 Å². The van der Waals surface area contributed by atoms with E-state index in [-0.39, 0.29) is 5.57 Å². The molecular weight excluding hydrogens is 205 g/mol. The molecule has 0 radical (unpaired) electrons. The van der Waals surface area contributed by atoms with E-state index in [1.165, 1.54) is 5.70 Å². The van der Waals surface area contributed by atoms with Crippen LogP contribution >= 0.6 is 0 Å². The van der Waals surface area contributed by atoms with Crippen molar-refractivity contribution in [3.8, 4) is 0 Å². The number of hydrogen-bond donors (Lipinski definition) is 0. The number of rotatable bonds is 1. The SMILES string of the molecule is CC(C)(C)/C(=C/[Si](C)(C)C)C(F)(F)F. The fourth-order valence-corrected chi connectivity index (χ4v) is 2.62. The Kier molecular flexibility index (Phi) is 3.65. The Morgan fingerprint density at radius 3 is 1.43 bits per heavy atom. The first-order valence-electron chi connectivity index (χ1n) is 4.64. The smallest absolute Gasteiger partial charge is 0.166 e. The van der Waals surface area contributed by atoms with Crippen molar-refractivity contribution in [2.24, 2.45) is 5.41 Å². The highest BCUT2D eigenvalue weighted by Gasteiger charge is 2.41. The lowest BCUT2D eigenvalue weighted by Crippen LogP contribution is -2.29. The minimum atomic E-state index is -4.20. The lowest BCUT2D eigenvalue weighted by atomic mass is 9.87. The van der Waals surface area contributed by atoms with Crippen molar-refractivity contribution in [3.05, 3.63) is 11.3 Å². The summed E-state index contributed by atoms with van der Waals surface area (Å²) >= 11 is 0. The summed E-state index contributed by atoms with van der Waals surface area (Å²) < 4.78 is 38.1. The normalized spacial score (nSPS) is 15.9. The van der Waals surface area contributed by atoms with Crippen LogP contribution in [0.4, 0.5) is 13.2 Å². The molecule has 0 rings (SSSR count). The minimum Gasteiger partial charge on any atom is -0.166 e. The summed E-state index contributed by atoms with van der Waals surface area (Å²) in [7, 11) is -1.82. The summed E-state index contributed by atoms with van der Waals surface area (Å²) in [6.07, 6.45) is -4.20. The third-order valence-electron chi connectivity index (χ3n) is 1.69. The second kappa shape index (κ2) is 3.72. The van der Waals surface area contributed by atoms with Crippen molar-refractivity contribution in [1.82, 2.24) is 0 Å². The molecule has 0 saturated carbocycles. The molecule has 0 aliphatic carbocycles. The van der Waals surface area contributed by atoms with Gasteiger partial charge in [0.2, 0.25) is 0 Å². The second-order valence-corrected chi connectivity index (χ2v) is 10.7. The van der Waals surface area contributed by atoms with Crippen LogP contribution in [0.1, 0.15) is 20.8 Å². The van der Waals surface area contributed by atoms with Crippen LogP contribution < -0.4 is 0 Å². The minimum absolute atomic E-state index is 0.385. The van der Waals surface area contributed by atoms with E-state index in [0.717, 1.165) is 0 Å². The van der Waals surface area contributed by atoms with Gasteiger partial charge in [-0.05, 0) is 5.41 Å². The summed E-state index contributed by atoms with van der Waals surface area (Å²) in [6.45, 7) is 10.5. The molecule has 0 saturated heterocycles. The Morgan fingerprint density at radius 2 is 1.36 bits per heavy atom. The zero-order valence-corrected chi connectivity index (χ0v) is 10.7. The van der Waals surface area contributed by atoms with Crippen LogP contribution in [0.5, 0.6) is 0 Å². The molecule has 84 valence electrons. The summed E-state index contributed by atoms with van der Waals surface area (Å²) in [6, 6.07) is 0. The Labute approximate surface area is 85.2 Å². The molecule has 0 fully saturated rings. The third-order valence-corrected chi connectivity index (χ3v) is 2.85. The van der Waals surface area contributed by atoms with Crippen molar-refractivity contribution in [2.75, 3.05) is 0 Å². The molecule has 4 heteroatoms. The summed E-state index contributed by atoms with van der Waals surface area (Å²) in [5.41, 5.74) is 0.245. The maximum absolute atomic E-state index is 12.7. The predicted octanol–water partition coefficient (Wildman–Crippen LogP) is 4.40. The van der Waals surface area contributed by atoms with Gasteiger partial charge in [0.1, 0.15) is 0 Å². The van der Waals surface area contributed by atoms with Crippen molar-refractivity contribution < 1.29 is 13.2 Å². The van der Waals surface area contributed by atoms with Gasteiger partial charge in [0.05, 0.1) is 8.07 Å². The second-order valence-electron chi connectivity index (χ2n) is 5.67. The standard InChI is InChI=1S/C10H19F3Si/c1-9(2,3)8(10(11,12)13)7-14(4,5)6/h7H,1-6H3/b8-7-. The van der Waals surface area contributed by atoms with Gasteiger partial charge in [0, 0.05) is 5.57 Å². The van der Waals surface area contributed by atoms with Crippen LogP contribution in [0.2, 0.25) is 19.6 Å². The van der Waals surface area contributed by atoms with Gasteiger partial charge in [0.25, 0.3) is 0 Å². The Morgan fingerprint density at radius 1 is 1.00 bits per heavy atom. The number of halogens is 3. The molecule has 0 bridgehead atoms. The predicted molar refractivity (Wildman–Crippen MR) is 56.9 cm³/mol. The van der Waals surface area contributed by atoms with E-state index in [9.17, 15) is 13.2 Å². The summed E-state index contributed by atoms with van der Waals surface area (Å²) in [5, 5.41) is 0. The molecule has 0 aliphatic rings. The molecule has 0 amide bonds. The number of alkyl halides is 3. The largest absolute Gasteiger partial charge is 0.412 e. The highest BCUT2D eigenvalue weighted by molar-refractivity contribution is 6.81. The molecule has 0 aliphatic heterocycles. The van der Waals surface area contributed by atoms with Gasteiger partial charge in [-0.25, -0.2) is 0 Å². The summed E-state index contributed by atoms with van der Waals surface area (Å²) in [4.78, 5) is 0. The third kappa shape index (κ3) is 4.84. The molecular formula is C10H19F3Si. The van der Waals surface area contributed by atoms with Crippen molar-refractivity contribution >= 4 is 8.07 Å². The molecule has 0 nitrogen and oxygen atoms in total. The van der Waals surface area contributed by atoms with Crippen LogP contribution in [0.15, 0.2) is 11.3 Å². The summed E-state index contributed by atoms with van der Waals surface area (Å²) in [5.74, 6) is 0. The van der Waals surface area contributed by atoms with Gasteiger partial charge in [-0.3, -0.25) is 0 Å². The maximum atomic E-state index is 12.7. The van der Waals surface area contributed by atoms with Gasteiger partial charge >= 0.3 is 6.18 Å². The van der Waals surface area contributed by atoms with Gasteiger partial charge in [-0.2, -0.15) is 13.2 Å². The van der Waals surface area contributed by atoms with E-state index in [1.807, 2.05) is 19.6 Å². The van der Waals surface area contributed by atoms with Gasteiger partial charge < -0.3 is 0 Å². The first-order chi connectivity index (χ1) is 5.84. The van der Waals surface area contributed by atoms with Crippen LogP contribution in [-0.2, 0) is 0 Å². The lowest BCUT2D eigenvalue weighted by Gasteiger charge is -2.27. The average molecular weight is 224 g/mol. The van der Waals surface area contributed by atoms with E-state index in [2.05, 4.69) is 0 Å². The Balaban J connectivity index is 5.26. The van der Waals surface area contributed by atoms with E-state index in [0.29, 0.717) is 0 Å². The zero-order chi connectivity index (χ0) is 11.8. The van der Waals surface area contributed by atoms with Crippen LogP contribution in [0.3, 0.4) is 0 Å². The van der Waals surface area contributed by atoms with Gasteiger partial charge in [-0.15, -0.1) is 0 Å². The molecule has 0 aromatic heterocycles. The molecule has 0 unspecified atom stereocenters. The highest BCUT2D eigenvalue weighted by Crippen LogP contribution is 2.39. The Hall–Kier alpha value is -0.253. The molecule has 0 aromatic carbocycles. The van der Waals surface area contributed by atoms with E-state index < -0.39 is 19.7 Å². The molecule has 0 atom stereocenters. The monoisotopic (exact) mass is 224 g/mol. The van der Waals surface area contributed by atoms with Crippen LogP contribution in [0.25, 0.3) is 0 Å². The first-order valence-corrected chi connectivity index (χ1v) is 8.22. The highest BCUT2D eigenvalue weighted by atomic mass is 28.3. The fourth-order valence-electron chi connectivity index (χ4n) is 1.16. The molecule has 14 heavy (non-hydrogen) atoms. The topological polar surface area (TPSA) is 0 Å². The first kappa shape index (κ1) is 13.7. The van der Waals surface area contributed by atoms with E-state index >= 15 is 0 Å². The van der Waals surface area contributed by atoms with E-state index in [1.54, 1.807) is 20.8 Å².